The number of halogens is 2. The second kappa shape index (κ2) is 9.58. The zero-order valence-corrected chi connectivity index (χ0v) is 23.1. The summed E-state index contributed by atoms with van der Waals surface area (Å²) in [6.45, 7) is 0. The molecule has 0 fully saturated rings. The van der Waals surface area contributed by atoms with Gasteiger partial charge in [0.15, 0.2) is 0 Å². The maximum absolute atomic E-state index is 6.99. The molecular formula is C30H21Cl2NO2S2. The van der Waals surface area contributed by atoms with Crippen molar-refractivity contribution in [3.8, 4) is 44.9 Å². The maximum Gasteiger partial charge on any atom is 0.120 e. The molecule has 184 valence electrons. The molecular weight excluding hydrogens is 541 g/mol. The Morgan fingerprint density at radius 1 is 0.622 bits per heavy atom. The number of fused-ring (bicyclic) bond motifs is 2. The zero-order valence-electron chi connectivity index (χ0n) is 20.0. The van der Waals surface area contributed by atoms with Gasteiger partial charge in [0.1, 0.15) is 20.2 Å². The minimum atomic E-state index is 0.634. The van der Waals surface area contributed by atoms with Crippen LogP contribution in [0.4, 0.5) is 5.69 Å². The lowest BCUT2D eigenvalue weighted by Crippen LogP contribution is -1.96. The van der Waals surface area contributed by atoms with Crippen LogP contribution in [0, 0.1) is 0 Å². The van der Waals surface area contributed by atoms with Gasteiger partial charge in [-0.15, -0.1) is 22.7 Å². The number of nitrogen functional groups attached to an aromatic ring is 1. The van der Waals surface area contributed by atoms with Gasteiger partial charge in [-0.25, -0.2) is 0 Å². The highest BCUT2D eigenvalue weighted by molar-refractivity contribution is 7.24. The van der Waals surface area contributed by atoms with Crippen LogP contribution in [0.15, 0.2) is 78.9 Å². The highest BCUT2D eigenvalue weighted by Gasteiger charge is 2.22. The molecule has 0 radical (unpaired) electrons. The normalized spacial score (nSPS) is 11.4. The molecule has 2 N–H and O–H groups in total. The second-order valence-corrected chi connectivity index (χ2v) is 11.9. The fraction of sp³-hybridized carbons (Fsp3) is 0.0667. The summed E-state index contributed by atoms with van der Waals surface area (Å²) in [5.41, 5.74) is 13.3. The average Bonchev–Trinajstić information content (AvgIpc) is 3.43. The van der Waals surface area contributed by atoms with Crippen molar-refractivity contribution in [1.29, 1.82) is 0 Å². The van der Waals surface area contributed by atoms with Crippen LogP contribution in [0.2, 0.25) is 8.67 Å². The lowest BCUT2D eigenvalue weighted by molar-refractivity contribution is 0.415. The second-order valence-electron chi connectivity index (χ2n) is 8.58. The third-order valence-corrected chi connectivity index (χ3v) is 9.26. The molecule has 2 heterocycles. The first-order chi connectivity index (χ1) is 18.0. The number of nitrogens with two attached hydrogens (primary N) is 1. The lowest BCUT2D eigenvalue weighted by atomic mass is 9.91. The SMILES string of the molecule is COc1ccc2c(-c3cc(-c4ccccc4)cc(-c4c(Cl)sc5cc(OC)ccc45)c3N)c(Cl)sc2c1. The van der Waals surface area contributed by atoms with Crippen molar-refractivity contribution in [3.63, 3.8) is 0 Å². The summed E-state index contributed by atoms with van der Waals surface area (Å²) in [5.74, 6) is 1.58. The number of methoxy groups -OCH3 is 2. The van der Waals surface area contributed by atoms with E-state index in [1.54, 1.807) is 14.2 Å². The average molecular weight is 563 g/mol. The molecule has 0 aliphatic heterocycles. The van der Waals surface area contributed by atoms with Gasteiger partial charge in [-0.1, -0.05) is 53.5 Å². The van der Waals surface area contributed by atoms with E-state index in [9.17, 15) is 0 Å². The monoisotopic (exact) mass is 561 g/mol. The van der Waals surface area contributed by atoms with E-state index in [-0.39, 0.29) is 0 Å². The Hall–Kier alpha value is -3.22. The molecule has 0 spiro atoms. The van der Waals surface area contributed by atoms with E-state index in [1.165, 1.54) is 22.7 Å². The molecule has 6 rings (SSSR count). The van der Waals surface area contributed by atoms with Crippen molar-refractivity contribution in [2.75, 3.05) is 20.0 Å². The number of hydrogen-bond donors (Lipinski definition) is 1. The van der Waals surface area contributed by atoms with E-state index in [0.717, 1.165) is 65.1 Å². The van der Waals surface area contributed by atoms with Crippen molar-refractivity contribution < 1.29 is 9.47 Å². The Bertz CT molecular complexity index is 1680. The van der Waals surface area contributed by atoms with Gasteiger partial charge in [-0.05, 0) is 59.7 Å². The zero-order chi connectivity index (χ0) is 25.7. The quantitative estimate of drug-likeness (QED) is 0.213. The largest absolute Gasteiger partial charge is 0.497 e. The topological polar surface area (TPSA) is 44.5 Å². The third kappa shape index (κ3) is 4.12. The number of anilines is 1. The fourth-order valence-electron chi connectivity index (χ4n) is 4.71. The minimum Gasteiger partial charge on any atom is -0.497 e. The molecule has 3 nitrogen and oxygen atoms in total. The van der Waals surface area contributed by atoms with E-state index in [2.05, 4.69) is 24.3 Å². The molecule has 0 aliphatic carbocycles. The van der Waals surface area contributed by atoms with Crippen LogP contribution < -0.4 is 15.2 Å². The first kappa shape index (κ1) is 24.1. The van der Waals surface area contributed by atoms with Gasteiger partial charge < -0.3 is 15.2 Å². The van der Waals surface area contributed by atoms with E-state index in [0.29, 0.717) is 14.4 Å². The van der Waals surface area contributed by atoms with Crippen molar-refractivity contribution >= 4 is 71.7 Å². The molecule has 0 aliphatic rings. The third-order valence-electron chi connectivity index (χ3n) is 6.53. The van der Waals surface area contributed by atoms with Crippen molar-refractivity contribution in [2.24, 2.45) is 0 Å². The smallest absolute Gasteiger partial charge is 0.120 e. The Balaban J connectivity index is 1.67. The van der Waals surface area contributed by atoms with Crippen LogP contribution in [-0.2, 0) is 0 Å². The summed E-state index contributed by atoms with van der Waals surface area (Å²) >= 11 is 16.8. The fourth-order valence-corrected chi connectivity index (χ4v) is 7.56. The van der Waals surface area contributed by atoms with Crippen molar-refractivity contribution in [3.05, 3.63) is 87.5 Å². The van der Waals surface area contributed by atoms with Crippen LogP contribution in [0.25, 0.3) is 53.6 Å². The van der Waals surface area contributed by atoms with Crippen LogP contribution in [0.5, 0.6) is 11.5 Å². The number of hydrogen-bond acceptors (Lipinski definition) is 5. The summed E-state index contributed by atoms with van der Waals surface area (Å²) in [4.78, 5) is 0. The van der Waals surface area contributed by atoms with Gasteiger partial charge in [0.25, 0.3) is 0 Å². The summed E-state index contributed by atoms with van der Waals surface area (Å²) < 4.78 is 14.3. The summed E-state index contributed by atoms with van der Waals surface area (Å²) in [6, 6.07) is 26.5. The number of rotatable bonds is 5. The van der Waals surface area contributed by atoms with Gasteiger partial charge in [0, 0.05) is 48.1 Å². The molecule has 0 unspecified atom stereocenters. The van der Waals surface area contributed by atoms with Gasteiger partial charge >= 0.3 is 0 Å². The highest BCUT2D eigenvalue weighted by Crippen LogP contribution is 2.51. The predicted molar refractivity (Wildman–Crippen MR) is 161 cm³/mol. The van der Waals surface area contributed by atoms with Crippen LogP contribution in [0.1, 0.15) is 0 Å². The van der Waals surface area contributed by atoms with E-state index < -0.39 is 0 Å². The van der Waals surface area contributed by atoms with Crippen molar-refractivity contribution in [1.82, 2.24) is 0 Å². The van der Waals surface area contributed by atoms with Crippen LogP contribution in [0.3, 0.4) is 0 Å². The standard InChI is InChI=1S/C30H21Cl2NO2S2/c1-34-18-8-10-20-24(14-18)36-29(31)26(20)22-12-17(16-6-4-3-5-7-16)13-23(28(22)33)27-21-11-9-19(35-2)15-25(21)37-30(27)32/h3-15H,33H2,1-2H3. The summed E-state index contributed by atoms with van der Waals surface area (Å²) in [7, 11) is 3.32. The Morgan fingerprint density at radius 3 is 1.57 bits per heavy atom. The Morgan fingerprint density at radius 2 is 1.11 bits per heavy atom. The molecule has 0 saturated heterocycles. The molecule has 6 aromatic rings. The van der Waals surface area contributed by atoms with E-state index in [1.807, 2.05) is 54.6 Å². The van der Waals surface area contributed by atoms with Gasteiger partial charge in [-0.2, -0.15) is 0 Å². The van der Waals surface area contributed by atoms with Gasteiger partial charge in [0.2, 0.25) is 0 Å². The van der Waals surface area contributed by atoms with Gasteiger partial charge in [-0.3, -0.25) is 0 Å². The molecule has 37 heavy (non-hydrogen) atoms. The van der Waals surface area contributed by atoms with E-state index in [4.69, 9.17) is 38.4 Å². The molecule has 7 heteroatoms. The Labute approximate surface area is 232 Å². The van der Waals surface area contributed by atoms with Crippen LogP contribution >= 0.6 is 45.9 Å². The first-order valence-corrected chi connectivity index (χ1v) is 13.9. The number of thiophene rings is 2. The van der Waals surface area contributed by atoms with Crippen LogP contribution in [-0.4, -0.2) is 14.2 Å². The number of ether oxygens (including phenoxy) is 2. The molecule has 0 bridgehead atoms. The summed E-state index contributed by atoms with van der Waals surface area (Å²) in [6.07, 6.45) is 0. The first-order valence-electron chi connectivity index (χ1n) is 11.5. The minimum absolute atomic E-state index is 0.634. The molecule has 0 saturated carbocycles. The van der Waals surface area contributed by atoms with Crippen molar-refractivity contribution in [2.45, 2.75) is 0 Å². The summed E-state index contributed by atoms with van der Waals surface area (Å²) in [5, 5.41) is 2.06. The molecule has 0 atom stereocenters. The molecule has 0 amide bonds. The van der Waals surface area contributed by atoms with Gasteiger partial charge in [0.05, 0.1) is 14.2 Å². The Kier molecular flexibility index (Phi) is 6.25. The van der Waals surface area contributed by atoms with E-state index >= 15 is 0 Å². The lowest BCUT2D eigenvalue weighted by Gasteiger charge is -2.16. The molecule has 2 aromatic heterocycles. The number of benzene rings is 4. The molecule has 4 aromatic carbocycles. The predicted octanol–water partition coefficient (Wildman–Crippen LogP) is 10.0. The highest BCUT2D eigenvalue weighted by atomic mass is 35.5. The maximum atomic E-state index is 6.99.